The predicted molar refractivity (Wildman–Crippen MR) is 230 cm³/mol. The Hall–Kier alpha value is -5.34. The molecule has 0 unspecified atom stereocenters. The van der Waals surface area contributed by atoms with Gasteiger partial charge < -0.3 is 9.47 Å². The molecule has 0 N–H and O–H groups in total. The summed E-state index contributed by atoms with van der Waals surface area (Å²) < 4.78 is 139. The summed E-state index contributed by atoms with van der Waals surface area (Å²) in [6.45, 7) is 12.1. The van der Waals surface area contributed by atoms with E-state index in [-0.39, 0.29) is 0 Å². The van der Waals surface area contributed by atoms with E-state index in [0.29, 0.717) is 13.2 Å². The summed E-state index contributed by atoms with van der Waals surface area (Å²) in [5, 5.41) is 5.05. The van der Waals surface area contributed by atoms with E-state index in [1.807, 2.05) is 14.1 Å². The molecule has 0 atom stereocenters. The second-order valence-electron chi connectivity index (χ2n) is 15.7. The van der Waals surface area contributed by atoms with Crippen molar-refractivity contribution in [2.45, 2.75) is 53.6 Å². The average Bonchev–Trinajstić information content (AvgIpc) is 3.76. The van der Waals surface area contributed by atoms with Gasteiger partial charge in [0.2, 0.25) is 12.7 Å². The molecule has 0 radical (unpaired) electrons. The third kappa shape index (κ3) is 16.0. The number of ether oxygens (including phenoxy) is 2. The molecule has 0 saturated heterocycles. The number of hydrogen-bond acceptors (Lipinski definition) is 2. The van der Waals surface area contributed by atoms with Crippen molar-refractivity contribution in [1.29, 1.82) is 0 Å². The van der Waals surface area contributed by atoms with Gasteiger partial charge in [0.05, 0.1) is 40.4 Å². The molecule has 5 aromatic carbocycles. The van der Waals surface area contributed by atoms with Crippen LogP contribution in [0.4, 0.5) is 50.4 Å². The normalized spacial score (nSPS) is 14.0. The van der Waals surface area contributed by atoms with Crippen LogP contribution in [0.1, 0.15) is 35.1 Å². The van der Waals surface area contributed by atoms with Crippen molar-refractivity contribution < 1.29 is 69.0 Å². The summed E-state index contributed by atoms with van der Waals surface area (Å²) in [5.41, 5.74) is 10.0. The maximum atomic E-state index is 9.87. The zero-order valence-corrected chi connectivity index (χ0v) is 37.5. The summed E-state index contributed by atoms with van der Waals surface area (Å²) in [7, 11) is -17.2. The number of halogens is 12. The first-order chi connectivity index (χ1) is 29.2. The van der Waals surface area contributed by atoms with E-state index in [0.717, 1.165) is 37.4 Å². The summed E-state index contributed by atoms with van der Waals surface area (Å²) >= 11 is 0. The molecule has 0 bridgehead atoms. The SMILES string of the molecule is Cc1cc(OCCCn2cc[n+](C)c2)cc(C)c1-c1c2ccccc2c(-c2c(C)cc(OCCCn3cc[n+](C)c3)cc2C)c2ccccc12.F[P-](F)(F)(F)(F)F.F[P-](F)(F)(F)(F)F. The summed E-state index contributed by atoms with van der Waals surface area (Å²) in [6.07, 6.45) is 14.4. The van der Waals surface area contributed by atoms with Gasteiger partial charge in [-0.05, 0) is 118 Å². The molecule has 2 heterocycles. The van der Waals surface area contributed by atoms with Gasteiger partial charge in [0.1, 0.15) is 36.3 Å². The van der Waals surface area contributed by atoms with Crippen molar-refractivity contribution in [1.82, 2.24) is 9.13 Å². The van der Waals surface area contributed by atoms with Gasteiger partial charge in [-0.2, -0.15) is 0 Å². The Bertz CT molecular complexity index is 2490. The monoisotopic (exact) mass is 954 g/mol. The first-order valence-electron chi connectivity index (χ1n) is 19.7. The van der Waals surface area contributed by atoms with Crippen LogP contribution >= 0.6 is 15.6 Å². The first kappa shape index (κ1) is 49.7. The van der Waals surface area contributed by atoms with Crippen LogP contribution in [0.15, 0.2) is 110 Å². The van der Waals surface area contributed by atoms with Gasteiger partial charge in [-0.1, -0.05) is 48.5 Å². The number of aromatic nitrogens is 4. The van der Waals surface area contributed by atoms with Crippen LogP contribution in [0.3, 0.4) is 0 Å². The molecule has 20 heteroatoms. The molecule has 350 valence electrons. The number of aryl methyl sites for hydroxylation is 8. The molecule has 0 fully saturated rings. The number of benzene rings is 5. The molecular formula is C44H48F12N4O2P2. The van der Waals surface area contributed by atoms with Gasteiger partial charge in [-0.3, -0.25) is 0 Å². The van der Waals surface area contributed by atoms with Gasteiger partial charge >= 0.3 is 66.0 Å². The minimum atomic E-state index is -10.7. The topological polar surface area (TPSA) is 36.1 Å². The Morgan fingerprint density at radius 3 is 0.953 bits per heavy atom. The van der Waals surface area contributed by atoms with Crippen LogP contribution in [0.5, 0.6) is 11.5 Å². The molecule has 64 heavy (non-hydrogen) atoms. The molecule has 0 aliphatic rings. The number of imidazole rings is 2. The number of nitrogens with zero attached hydrogens (tertiary/aromatic N) is 4. The van der Waals surface area contributed by atoms with Gasteiger partial charge in [0.25, 0.3) is 0 Å². The third-order valence-corrected chi connectivity index (χ3v) is 9.75. The van der Waals surface area contributed by atoms with Crippen molar-refractivity contribution in [3.8, 4) is 33.8 Å². The molecule has 7 rings (SSSR count). The van der Waals surface area contributed by atoms with E-state index in [1.165, 1.54) is 66.1 Å². The van der Waals surface area contributed by atoms with Crippen molar-refractivity contribution in [2.24, 2.45) is 14.1 Å². The molecule has 0 amide bonds. The second-order valence-corrected chi connectivity index (χ2v) is 19.5. The van der Waals surface area contributed by atoms with E-state index in [4.69, 9.17) is 9.47 Å². The summed E-state index contributed by atoms with van der Waals surface area (Å²) in [6, 6.07) is 26.7. The van der Waals surface area contributed by atoms with E-state index >= 15 is 0 Å². The van der Waals surface area contributed by atoms with Gasteiger partial charge in [0.15, 0.2) is 0 Å². The van der Waals surface area contributed by atoms with E-state index in [9.17, 15) is 50.4 Å². The maximum absolute atomic E-state index is 10.7. The van der Waals surface area contributed by atoms with E-state index in [2.05, 4.69) is 156 Å². The van der Waals surface area contributed by atoms with Crippen LogP contribution in [0.2, 0.25) is 0 Å². The minimum absolute atomic E-state index is 0.677. The Balaban J connectivity index is 0.000000477. The first-order valence-corrected chi connectivity index (χ1v) is 23.8. The molecule has 0 spiro atoms. The zero-order valence-electron chi connectivity index (χ0n) is 35.7. The molecule has 0 aliphatic heterocycles. The van der Waals surface area contributed by atoms with Gasteiger partial charge in [-0.25, -0.2) is 18.3 Å². The van der Waals surface area contributed by atoms with Crippen LogP contribution < -0.4 is 18.6 Å². The van der Waals surface area contributed by atoms with Crippen molar-refractivity contribution in [2.75, 3.05) is 13.2 Å². The zero-order chi connectivity index (χ0) is 47.6. The number of fused-ring (bicyclic) bond motifs is 2. The van der Waals surface area contributed by atoms with Crippen LogP contribution in [0.25, 0.3) is 43.8 Å². The van der Waals surface area contributed by atoms with Crippen LogP contribution in [-0.4, -0.2) is 22.3 Å². The van der Waals surface area contributed by atoms with Crippen molar-refractivity contribution >= 4 is 37.2 Å². The Morgan fingerprint density at radius 1 is 0.453 bits per heavy atom. The molecule has 2 aromatic heterocycles. The second kappa shape index (κ2) is 16.9. The fourth-order valence-electron chi connectivity index (χ4n) is 7.61. The molecule has 7 aromatic rings. The Kier molecular flexibility index (Phi) is 13.1. The quantitative estimate of drug-likeness (QED) is 0.0402. The van der Waals surface area contributed by atoms with E-state index < -0.39 is 15.6 Å². The average molecular weight is 955 g/mol. The molecular weight excluding hydrogens is 906 g/mol. The van der Waals surface area contributed by atoms with Crippen LogP contribution in [0, 0.1) is 27.7 Å². The molecule has 0 aliphatic carbocycles. The fraction of sp³-hybridized carbons (Fsp3) is 0.273. The molecule has 6 nitrogen and oxygen atoms in total. The Labute approximate surface area is 361 Å². The summed E-state index contributed by atoms with van der Waals surface area (Å²) in [5.74, 6) is 1.86. The third-order valence-electron chi connectivity index (χ3n) is 9.75. The van der Waals surface area contributed by atoms with Crippen LogP contribution in [-0.2, 0) is 27.2 Å². The van der Waals surface area contributed by atoms with Gasteiger partial charge in [-0.15, -0.1) is 0 Å². The van der Waals surface area contributed by atoms with Crippen molar-refractivity contribution in [3.63, 3.8) is 0 Å². The summed E-state index contributed by atoms with van der Waals surface area (Å²) in [4.78, 5) is 0. The molecule has 0 saturated carbocycles. The van der Waals surface area contributed by atoms with Gasteiger partial charge in [0, 0.05) is 12.8 Å². The standard InChI is InChI=1S/C44H48N4O2.2F6P/c1-31-25-35(49-23-11-17-47-21-19-45(5)29-47)26-32(2)41(31)43-37-13-7-9-15-39(37)44(40-16-10-8-14-38(40)43)42-33(3)27-36(28-34(42)4)50-24-12-18-48-22-20-46(6)30-48;2*1-7(2,3,4,5)6/h7-10,13-16,19-22,25-30H,11-12,17-18,23-24H2,1-6H3;;/q+2;2*-1. The van der Waals surface area contributed by atoms with E-state index in [1.54, 1.807) is 0 Å². The number of hydrogen-bond donors (Lipinski definition) is 0. The fourth-order valence-corrected chi connectivity index (χ4v) is 7.61. The van der Waals surface area contributed by atoms with Crippen molar-refractivity contribution in [3.05, 3.63) is 132 Å². The number of rotatable bonds is 12. The predicted octanol–water partition coefficient (Wildman–Crippen LogP) is 15.5. The Morgan fingerprint density at radius 2 is 0.719 bits per heavy atom.